The standard InChI is InChI=1S/C15H24O5/c1-4-13(17)19-11-8-15(6-3,7-10-16)9-12-20-14(18)5-2/h4-5,16H,1-2,6-12H2,3H3. The maximum absolute atomic E-state index is 11.0. The van der Waals surface area contributed by atoms with Crippen molar-refractivity contribution in [1.29, 1.82) is 0 Å². The Balaban J connectivity index is 4.40. The second kappa shape index (κ2) is 10.2. The highest BCUT2D eigenvalue weighted by Crippen LogP contribution is 2.34. The number of esters is 2. The van der Waals surface area contributed by atoms with E-state index >= 15 is 0 Å². The van der Waals surface area contributed by atoms with E-state index in [-0.39, 0.29) is 25.2 Å². The van der Waals surface area contributed by atoms with E-state index in [9.17, 15) is 14.7 Å². The molecule has 0 saturated heterocycles. The first kappa shape index (κ1) is 18.4. The minimum atomic E-state index is -0.461. The summed E-state index contributed by atoms with van der Waals surface area (Å²) in [6.07, 6.45) is 4.81. The molecule has 0 aliphatic rings. The van der Waals surface area contributed by atoms with Crippen LogP contribution in [-0.2, 0) is 19.1 Å². The molecule has 0 spiro atoms. The van der Waals surface area contributed by atoms with Gasteiger partial charge in [0.25, 0.3) is 0 Å². The van der Waals surface area contributed by atoms with E-state index in [1.807, 2.05) is 6.92 Å². The normalized spacial score (nSPS) is 10.7. The summed E-state index contributed by atoms with van der Waals surface area (Å²) in [7, 11) is 0. The molecule has 0 aliphatic heterocycles. The van der Waals surface area contributed by atoms with Crippen LogP contribution >= 0.6 is 0 Å². The molecule has 0 atom stereocenters. The van der Waals surface area contributed by atoms with Gasteiger partial charge in [0, 0.05) is 18.8 Å². The van der Waals surface area contributed by atoms with Crippen molar-refractivity contribution in [2.75, 3.05) is 19.8 Å². The summed E-state index contributed by atoms with van der Waals surface area (Å²) in [4.78, 5) is 22.0. The molecule has 0 saturated carbocycles. The third-order valence-electron chi connectivity index (χ3n) is 3.48. The largest absolute Gasteiger partial charge is 0.463 e. The Bertz CT molecular complexity index is 309. The highest BCUT2D eigenvalue weighted by Gasteiger charge is 2.28. The van der Waals surface area contributed by atoms with Crippen LogP contribution in [0.4, 0.5) is 0 Å². The number of carbonyl (C=O) groups excluding carboxylic acids is 2. The van der Waals surface area contributed by atoms with Crippen LogP contribution in [-0.4, -0.2) is 36.9 Å². The molecule has 0 bridgehead atoms. The zero-order chi connectivity index (χ0) is 15.4. The molecular formula is C15H24O5. The van der Waals surface area contributed by atoms with Gasteiger partial charge in [0.2, 0.25) is 0 Å². The van der Waals surface area contributed by atoms with E-state index < -0.39 is 11.9 Å². The average molecular weight is 284 g/mol. The summed E-state index contributed by atoms with van der Waals surface area (Å²) in [5.41, 5.74) is -0.211. The summed E-state index contributed by atoms with van der Waals surface area (Å²) in [6, 6.07) is 0. The molecule has 5 heteroatoms. The summed E-state index contributed by atoms with van der Waals surface area (Å²) < 4.78 is 9.96. The van der Waals surface area contributed by atoms with E-state index in [4.69, 9.17) is 9.47 Å². The highest BCUT2D eigenvalue weighted by atomic mass is 16.5. The molecule has 0 aromatic carbocycles. The van der Waals surface area contributed by atoms with Gasteiger partial charge in [-0.15, -0.1) is 0 Å². The minimum absolute atomic E-state index is 0.0403. The monoisotopic (exact) mass is 284 g/mol. The maximum Gasteiger partial charge on any atom is 0.330 e. The van der Waals surface area contributed by atoms with Crippen molar-refractivity contribution in [3.05, 3.63) is 25.3 Å². The molecule has 20 heavy (non-hydrogen) atoms. The molecule has 0 aliphatic carbocycles. The van der Waals surface area contributed by atoms with Gasteiger partial charge in [-0.2, -0.15) is 0 Å². The number of aliphatic hydroxyl groups excluding tert-OH is 1. The fourth-order valence-electron chi connectivity index (χ4n) is 2.00. The topological polar surface area (TPSA) is 72.8 Å². The SMILES string of the molecule is C=CC(=O)OCCC(CC)(CCO)CCOC(=O)C=C. The van der Waals surface area contributed by atoms with Crippen LogP contribution in [0.25, 0.3) is 0 Å². The smallest absolute Gasteiger partial charge is 0.330 e. The predicted octanol–water partition coefficient (Wildman–Crippen LogP) is 2.00. The Labute approximate surface area is 120 Å². The van der Waals surface area contributed by atoms with Gasteiger partial charge in [0.15, 0.2) is 0 Å². The summed E-state index contributed by atoms with van der Waals surface area (Å²) in [6.45, 7) is 9.22. The molecule has 0 aromatic heterocycles. The average Bonchev–Trinajstić information content (AvgIpc) is 2.46. The first-order chi connectivity index (χ1) is 9.53. The van der Waals surface area contributed by atoms with E-state index in [0.717, 1.165) is 18.6 Å². The van der Waals surface area contributed by atoms with Gasteiger partial charge in [0.1, 0.15) is 0 Å². The van der Waals surface area contributed by atoms with Gasteiger partial charge < -0.3 is 14.6 Å². The molecule has 0 radical (unpaired) electrons. The number of carbonyl (C=O) groups is 2. The Morgan fingerprint density at radius 2 is 1.50 bits per heavy atom. The van der Waals surface area contributed by atoms with E-state index in [0.29, 0.717) is 19.3 Å². The predicted molar refractivity (Wildman–Crippen MR) is 76.0 cm³/mol. The molecule has 1 N–H and O–H groups in total. The lowest BCUT2D eigenvalue weighted by molar-refractivity contribution is -0.139. The van der Waals surface area contributed by atoms with Crippen molar-refractivity contribution in [1.82, 2.24) is 0 Å². The number of hydrogen-bond acceptors (Lipinski definition) is 5. The summed E-state index contributed by atoms with van der Waals surface area (Å²) in [5, 5.41) is 9.19. The van der Waals surface area contributed by atoms with Crippen molar-refractivity contribution in [2.45, 2.75) is 32.6 Å². The van der Waals surface area contributed by atoms with Gasteiger partial charge in [-0.25, -0.2) is 9.59 Å². The molecule has 0 aromatic rings. The number of aliphatic hydroxyl groups is 1. The van der Waals surface area contributed by atoms with Crippen LogP contribution in [0.2, 0.25) is 0 Å². The summed E-state index contributed by atoms with van der Waals surface area (Å²) >= 11 is 0. The van der Waals surface area contributed by atoms with Crippen LogP contribution in [0.15, 0.2) is 25.3 Å². The minimum Gasteiger partial charge on any atom is -0.463 e. The quantitative estimate of drug-likeness (QED) is 0.464. The van der Waals surface area contributed by atoms with Gasteiger partial charge in [-0.05, 0) is 24.7 Å². The third-order valence-corrected chi connectivity index (χ3v) is 3.48. The third kappa shape index (κ3) is 7.09. The van der Waals surface area contributed by atoms with Crippen molar-refractivity contribution in [3.8, 4) is 0 Å². The Morgan fingerprint density at radius 1 is 1.05 bits per heavy atom. The second-order valence-electron chi connectivity index (χ2n) is 4.57. The number of rotatable bonds is 11. The molecule has 0 unspecified atom stereocenters. The van der Waals surface area contributed by atoms with Crippen molar-refractivity contribution < 1.29 is 24.2 Å². The lowest BCUT2D eigenvalue weighted by Gasteiger charge is -2.32. The van der Waals surface area contributed by atoms with Gasteiger partial charge in [-0.1, -0.05) is 26.5 Å². The first-order valence-corrected chi connectivity index (χ1v) is 6.73. The van der Waals surface area contributed by atoms with Crippen LogP contribution in [0.3, 0.4) is 0 Å². The first-order valence-electron chi connectivity index (χ1n) is 6.73. The highest BCUT2D eigenvalue weighted by molar-refractivity contribution is 5.81. The maximum atomic E-state index is 11.0. The lowest BCUT2D eigenvalue weighted by Crippen LogP contribution is -2.26. The molecule has 0 heterocycles. The lowest BCUT2D eigenvalue weighted by atomic mass is 9.76. The van der Waals surface area contributed by atoms with Crippen LogP contribution in [0.1, 0.15) is 32.6 Å². The molecule has 0 fully saturated rings. The fraction of sp³-hybridized carbons (Fsp3) is 0.600. The zero-order valence-corrected chi connectivity index (χ0v) is 12.1. The molecule has 114 valence electrons. The van der Waals surface area contributed by atoms with Crippen LogP contribution in [0, 0.1) is 5.41 Å². The molecular weight excluding hydrogens is 260 g/mol. The van der Waals surface area contributed by atoms with Crippen molar-refractivity contribution in [3.63, 3.8) is 0 Å². The summed E-state index contributed by atoms with van der Waals surface area (Å²) in [5.74, 6) is -0.922. The van der Waals surface area contributed by atoms with Crippen LogP contribution in [0.5, 0.6) is 0 Å². The van der Waals surface area contributed by atoms with Gasteiger partial charge >= 0.3 is 11.9 Å². The molecule has 5 nitrogen and oxygen atoms in total. The Morgan fingerprint density at radius 3 is 1.80 bits per heavy atom. The molecule has 0 rings (SSSR count). The molecule has 0 amide bonds. The van der Waals surface area contributed by atoms with E-state index in [2.05, 4.69) is 13.2 Å². The number of hydrogen-bond donors (Lipinski definition) is 1. The van der Waals surface area contributed by atoms with Gasteiger partial charge in [0.05, 0.1) is 13.2 Å². The van der Waals surface area contributed by atoms with Gasteiger partial charge in [-0.3, -0.25) is 0 Å². The Hall–Kier alpha value is -1.62. The second-order valence-corrected chi connectivity index (χ2v) is 4.57. The van der Waals surface area contributed by atoms with E-state index in [1.54, 1.807) is 0 Å². The van der Waals surface area contributed by atoms with Crippen LogP contribution < -0.4 is 0 Å². The van der Waals surface area contributed by atoms with E-state index in [1.165, 1.54) is 0 Å². The number of ether oxygens (including phenoxy) is 2. The van der Waals surface area contributed by atoms with Crippen molar-refractivity contribution in [2.24, 2.45) is 5.41 Å². The zero-order valence-electron chi connectivity index (χ0n) is 12.1. The van der Waals surface area contributed by atoms with Crippen molar-refractivity contribution >= 4 is 11.9 Å². The Kier molecular flexibility index (Phi) is 9.38. The fourth-order valence-corrected chi connectivity index (χ4v) is 2.00.